The maximum absolute atomic E-state index is 11.4. The number of nitrogens with one attached hydrogen (secondary N) is 2. The number of benzene rings is 4. The fourth-order valence-electron chi connectivity index (χ4n) is 5.81. The topological polar surface area (TPSA) is 135 Å². The summed E-state index contributed by atoms with van der Waals surface area (Å²) in [6, 6.07) is 29.1. The molecule has 4 aromatic carbocycles. The van der Waals surface area contributed by atoms with E-state index in [1.165, 1.54) is 0 Å². The first kappa shape index (κ1) is 25.9. The van der Waals surface area contributed by atoms with E-state index in [0.29, 0.717) is 68.9 Å². The summed E-state index contributed by atoms with van der Waals surface area (Å²) in [5, 5.41) is 3.14. The quantitative estimate of drug-likeness (QED) is 0.167. The van der Waals surface area contributed by atoms with E-state index >= 15 is 0 Å². The molecule has 7 aromatic rings. The van der Waals surface area contributed by atoms with Crippen LogP contribution in [0.5, 0.6) is 5.75 Å². The molecule has 0 amide bonds. The van der Waals surface area contributed by atoms with Crippen molar-refractivity contribution < 1.29 is 26.6 Å². The van der Waals surface area contributed by atoms with Gasteiger partial charge < -0.3 is 14.7 Å². The maximum atomic E-state index is 11.4. The summed E-state index contributed by atoms with van der Waals surface area (Å²) >= 11 is 0. The minimum atomic E-state index is 0. The van der Waals surface area contributed by atoms with Gasteiger partial charge in [0.15, 0.2) is 23.3 Å². The van der Waals surface area contributed by atoms with E-state index in [9.17, 15) is 4.79 Å². The Morgan fingerprint density at radius 3 is 1.39 bits per heavy atom. The second kappa shape index (κ2) is 9.91. The van der Waals surface area contributed by atoms with Gasteiger partial charge in [-0.3, -0.25) is 4.79 Å². The van der Waals surface area contributed by atoms with Gasteiger partial charge in [-0.15, -0.1) is 0 Å². The van der Waals surface area contributed by atoms with Crippen molar-refractivity contribution in [2.24, 2.45) is 0 Å². The van der Waals surface area contributed by atoms with Crippen molar-refractivity contribution in [3.05, 3.63) is 91.0 Å². The summed E-state index contributed by atoms with van der Waals surface area (Å²) < 4.78 is 5.37. The van der Waals surface area contributed by atoms with Crippen LogP contribution in [-0.2, 0) is 21.9 Å². The summed E-state index contributed by atoms with van der Waals surface area (Å²) in [4.78, 5) is 47.9. The maximum Gasteiger partial charge on any atom is 0.298 e. The average Bonchev–Trinajstić information content (AvgIpc) is 3.77. The Hall–Kier alpha value is -5.77. The van der Waals surface area contributed by atoms with Crippen molar-refractivity contribution in [3.63, 3.8) is 0 Å². The van der Waals surface area contributed by atoms with Crippen molar-refractivity contribution in [1.29, 1.82) is 0 Å². The fraction of sp³-hybridized carbons (Fsp3) is 0. The van der Waals surface area contributed by atoms with E-state index in [1.807, 2.05) is 78.9 Å². The molecule has 0 aliphatic carbocycles. The van der Waals surface area contributed by atoms with Crippen LogP contribution in [0, 0.1) is 0 Å². The van der Waals surface area contributed by atoms with Gasteiger partial charge in [0.05, 0.1) is 5.39 Å². The van der Waals surface area contributed by atoms with Gasteiger partial charge >= 0.3 is 0 Å². The van der Waals surface area contributed by atoms with E-state index in [4.69, 9.17) is 34.6 Å². The number of H-pyrrole nitrogens is 2. The molecule has 44 heavy (non-hydrogen) atoms. The van der Waals surface area contributed by atoms with Crippen LogP contribution in [0.3, 0.4) is 0 Å². The predicted octanol–water partition coefficient (Wildman–Crippen LogP) is 6.40. The van der Waals surface area contributed by atoms with Gasteiger partial charge in [0.25, 0.3) is 6.47 Å². The normalized spacial score (nSPS) is 11.5. The van der Waals surface area contributed by atoms with Crippen LogP contribution in [0.2, 0.25) is 0 Å². The molecule has 11 heteroatoms. The van der Waals surface area contributed by atoms with Crippen molar-refractivity contribution in [3.8, 4) is 51.3 Å². The van der Waals surface area contributed by atoms with E-state index < -0.39 is 0 Å². The molecule has 0 fully saturated rings. The molecular weight excluding hydrogens is 604 g/mol. The van der Waals surface area contributed by atoms with Crippen molar-refractivity contribution in [1.82, 2.24) is 39.9 Å². The van der Waals surface area contributed by atoms with E-state index in [0.717, 1.165) is 33.0 Å². The Morgan fingerprint density at radius 1 is 0.477 bits per heavy atom. The van der Waals surface area contributed by atoms with Crippen LogP contribution in [0.1, 0.15) is 0 Å². The molecule has 10 nitrogen and oxygen atoms in total. The molecule has 2 aliphatic heterocycles. The molecule has 0 unspecified atom stereocenters. The Balaban J connectivity index is 0.00000289. The number of rotatable bonds is 2. The molecule has 2 aliphatic rings. The van der Waals surface area contributed by atoms with E-state index in [-0.39, 0.29) is 17.1 Å². The smallest absolute Gasteiger partial charge is 0.298 e. The first-order valence-corrected chi connectivity index (χ1v) is 13.6. The number of carbonyl (C=O) groups excluding carboxylic acids is 1. The van der Waals surface area contributed by atoms with Crippen LogP contribution in [0.25, 0.3) is 89.7 Å². The number of nitrogens with zero attached hydrogens (tertiary/aromatic N) is 6. The number of fused-ring (bicyclic) bond motifs is 20. The van der Waals surface area contributed by atoms with Crippen LogP contribution in [-0.4, -0.2) is 46.3 Å². The third kappa shape index (κ3) is 3.84. The summed E-state index contributed by atoms with van der Waals surface area (Å²) in [5.41, 5.74) is 5.62. The third-order valence-electron chi connectivity index (χ3n) is 7.72. The second-order valence-corrected chi connectivity index (χ2v) is 10.1. The fourth-order valence-corrected chi connectivity index (χ4v) is 5.81. The predicted molar refractivity (Wildman–Crippen MR) is 163 cm³/mol. The Morgan fingerprint density at radius 2 is 0.886 bits per heavy atom. The first-order valence-electron chi connectivity index (χ1n) is 13.6. The van der Waals surface area contributed by atoms with Crippen LogP contribution in [0.15, 0.2) is 91.0 Å². The molecular formula is C33H18CuN8O2. The molecule has 1 radical (unpaired) electrons. The zero-order valence-electron chi connectivity index (χ0n) is 22.5. The summed E-state index contributed by atoms with van der Waals surface area (Å²) in [6.07, 6.45) is 0. The number of ether oxygens (including phenoxy) is 1. The van der Waals surface area contributed by atoms with Gasteiger partial charge in [0.2, 0.25) is 0 Å². The average molecular weight is 622 g/mol. The van der Waals surface area contributed by atoms with Crippen molar-refractivity contribution in [2.75, 3.05) is 0 Å². The number of hydrogen-bond acceptors (Lipinski definition) is 8. The molecule has 0 spiro atoms. The van der Waals surface area contributed by atoms with Crippen molar-refractivity contribution in [2.45, 2.75) is 0 Å². The van der Waals surface area contributed by atoms with Crippen LogP contribution < -0.4 is 4.74 Å². The molecule has 3 aromatic heterocycles. The molecule has 0 saturated carbocycles. The van der Waals surface area contributed by atoms with Gasteiger partial charge in [-0.25, -0.2) is 29.9 Å². The van der Waals surface area contributed by atoms with E-state index in [1.54, 1.807) is 12.1 Å². The van der Waals surface area contributed by atoms with Gasteiger partial charge in [-0.1, -0.05) is 84.9 Å². The van der Waals surface area contributed by atoms with Gasteiger partial charge in [-0.05, 0) is 6.07 Å². The molecule has 9 rings (SSSR count). The number of hydrogen-bond donors (Lipinski definition) is 2. The Labute approximate surface area is 258 Å². The van der Waals surface area contributed by atoms with Crippen molar-refractivity contribution >= 4 is 50.6 Å². The first-order chi connectivity index (χ1) is 21.2. The minimum Gasteiger partial charge on any atom is -0.428 e. The van der Waals surface area contributed by atoms with Gasteiger partial charge in [0.1, 0.15) is 28.3 Å². The molecule has 213 valence electrons. The summed E-state index contributed by atoms with van der Waals surface area (Å²) in [6.45, 7) is 0.403. The van der Waals surface area contributed by atoms with Gasteiger partial charge in [0, 0.05) is 55.5 Å². The van der Waals surface area contributed by atoms with Crippen LogP contribution in [0.4, 0.5) is 0 Å². The Kier molecular flexibility index (Phi) is 5.83. The molecule has 5 heterocycles. The van der Waals surface area contributed by atoms with E-state index in [2.05, 4.69) is 9.97 Å². The largest absolute Gasteiger partial charge is 0.428 e. The molecule has 8 bridgehead atoms. The molecule has 0 atom stereocenters. The monoisotopic (exact) mass is 621 g/mol. The standard InChI is InChI=1S/C33H18N8O2.Cu/c42-16-43-24-15-7-14-23-25(24)33-40-31-22-13-6-5-12-21(22)29(38-31)36-27-18-9-2-1-8-17(18)26(34-27)35-28-19-10-3-4-11-20(19)30(37-28)39-32(23)41-33;/h1-16H,(H2,34,35,36,37,38,39,40,41);. The number of aromatic amines is 2. The number of aromatic nitrogens is 8. The third-order valence-corrected chi connectivity index (χ3v) is 7.72. The number of carbonyl (C=O) groups is 1. The Bertz CT molecular complexity index is 2480. The SMILES string of the molecule is O=COc1cccc2c3nc4nc(nc5[nH]c(nc6nc(nc([nH]3)c12)-c1ccccc1-6)c1ccccc51)-c1ccccc1-4.[Cu]. The van der Waals surface area contributed by atoms with Crippen LogP contribution >= 0.6 is 0 Å². The molecule has 2 N–H and O–H groups in total. The van der Waals surface area contributed by atoms with Gasteiger partial charge in [-0.2, -0.15) is 0 Å². The second-order valence-electron chi connectivity index (χ2n) is 10.1. The zero-order valence-corrected chi connectivity index (χ0v) is 23.5. The minimum absolute atomic E-state index is 0. The molecule has 0 saturated heterocycles. The zero-order chi connectivity index (χ0) is 28.5. The summed E-state index contributed by atoms with van der Waals surface area (Å²) in [5.74, 6) is 2.37. The summed E-state index contributed by atoms with van der Waals surface area (Å²) in [7, 11) is 0.